The van der Waals surface area contributed by atoms with E-state index in [4.69, 9.17) is 15.9 Å². The summed E-state index contributed by atoms with van der Waals surface area (Å²) in [4.78, 5) is 0. The molecule has 0 bridgehead atoms. The molecule has 0 amide bonds. The van der Waals surface area contributed by atoms with Crippen molar-refractivity contribution in [2.45, 2.75) is 63.1 Å². The van der Waals surface area contributed by atoms with Gasteiger partial charge >= 0.3 is 0 Å². The third kappa shape index (κ3) is 5.96. The van der Waals surface area contributed by atoms with E-state index in [-0.39, 0.29) is 12.2 Å². The van der Waals surface area contributed by atoms with Crippen LogP contribution in [0.3, 0.4) is 0 Å². The first-order valence-electron chi connectivity index (χ1n) is 8.30. The average Bonchev–Trinajstić information content (AvgIpc) is 2.59. The third-order valence-corrected chi connectivity index (χ3v) is 4.21. The number of benzene rings is 1. The Hall–Kier alpha value is -1.38. The third-order valence-electron chi connectivity index (χ3n) is 4.21. The Bertz CT molecular complexity index is 482. The highest BCUT2D eigenvalue weighted by Crippen LogP contribution is 2.20. The Morgan fingerprint density at radius 2 is 2.13 bits per heavy atom. The van der Waals surface area contributed by atoms with Crippen molar-refractivity contribution >= 4 is 0 Å². The number of ether oxygens (including phenoxy) is 2. The zero-order valence-corrected chi connectivity index (χ0v) is 13.4. The second kappa shape index (κ2) is 9.69. The molecule has 1 fully saturated rings. The molecular formula is C19H26O4. The minimum atomic E-state index is -0.920. The van der Waals surface area contributed by atoms with E-state index < -0.39 is 12.2 Å². The lowest BCUT2D eigenvalue weighted by Crippen LogP contribution is -2.34. The van der Waals surface area contributed by atoms with Crippen molar-refractivity contribution in [2.24, 2.45) is 0 Å². The molecule has 23 heavy (non-hydrogen) atoms. The monoisotopic (exact) mass is 318 g/mol. The van der Waals surface area contributed by atoms with Crippen LogP contribution in [0.1, 0.15) is 37.7 Å². The van der Waals surface area contributed by atoms with Crippen LogP contribution in [0.25, 0.3) is 0 Å². The van der Waals surface area contributed by atoms with Crippen molar-refractivity contribution in [3.63, 3.8) is 0 Å². The molecule has 0 saturated carbocycles. The molecule has 4 nitrogen and oxygen atoms in total. The lowest BCUT2D eigenvalue weighted by molar-refractivity contribution is -0.0810. The first kappa shape index (κ1) is 18.0. The van der Waals surface area contributed by atoms with Gasteiger partial charge in [-0.15, -0.1) is 6.42 Å². The molecule has 1 aliphatic heterocycles. The largest absolute Gasteiger partial charge is 0.390 e. The first-order chi connectivity index (χ1) is 11.2. The summed E-state index contributed by atoms with van der Waals surface area (Å²) in [6.45, 7) is 1.13. The minimum Gasteiger partial charge on any atom is -0.390 e. The summed E-state index contributed by atoms with van der Waals surface area (Å²) in [6, 6.07) is 9.81. The SMILES string of the molecule is C#CC(O)C(CCC[C@H]1OCCC[C@@H]1O)OCc1ccccc1. The fraction of sp³-hybridized carbons (Fsp3) is 0.579. The number of hydrogen-bond donors (Lipinski definition) is 2. The van der Waals surface area contributed by atoms with Crippen LogP contribution in [0.15, 0.2) is 30.3 Å². The van der Waals surface area contributed by atoms with E-state index in [0.717, 1.165) is 31.2 Å². The van der Waals surface area contributed by atoms with E-state index in [0.29, 0.717) is 19.6 Å². The van der Waals surface area contributed by atoms with Crippen molar-refractivity contribution < 1.29 is 19.7 Å². The Labute approximate surface area is 138 Å². The summed E-state index contributed by atoms with van der Waals surface area (Å²) >= 11 is 0. The van der Waals surface area contributed by atoms with Gasteiger partial charge in [0.2, 0.25) is 0 Å². The number of aliphatic hydroxyl groups is 2. The summed E-state index contributed by atoms with van der Waals surface area (Å²) in [5.74, 6) is 2.35. The molecule has 1 heterocycles. The van der Waals surface area contributed by atoms with Crippen LogP contribution >= 0.6 is 0 Å². The molecule has 1 aliphatic rings. The molecule has 2 unspecified atom stereocenters. The molecule has 4 heteroatoms. The summed E-state index contributed by atoms with van der Waals surface area (Å²) in [6.07, 6.45) is 7.42. The molecule has 0 aliphatic carbocycles. The molecule has 126 valence electrons. The lowest BCUT2D eigenvalue weighted by Gasteiger charge is -2.28. The first-order valence-corrected chi connectivity index (χ1v) is 8.30. The number of terminal acetylenes is 1. The van der Waals surface area contributed by atoms with Gasteiger partial charge in [0.1, 0.15) is 6.10 Å². The average molecular weight is 318 g/mol. The van der Waals surface area contributed by atoms with Gasteiger partial charge in [-0.2, -0.15) is 0 Å². The smallest absolute Gasteiger partial charge is 0.140 e. The molecule has 0 radical (unpaired) electrons. The zero-order valence-electron chi connectivity index (χ0n) is 13.4. The standard InChI is InChI=1S/C19H26O4/c1-2-16(20)18(23-14-15-8-4-3-5-9-15)11-6-12-19-17(21)10-7-13-22-19/h1,3-5,8-9,16-21H,6-7,10-14H2/t16?,17-,18?,19+/m0/s1. The Balaban J connectivity index is 1.78. The fourth-order valence-electron chi connectivity index (χ4n) is 2.84. The van der Waals surface area contributed by atoms with Gasteiger partial charge in [0.25, 0.3) is 0 Å². The van der Waals surface area contributed by atoms with Crippen LogP contribution in [-0.2, 0) is 16.1 Å². The van der Waals surface area contributed by atoms with Gasteiger partial charge in [-0.25, -0.2) is 0 Å². The second-order valence-electron chi connectivity index (χ2n) is 6.00. The summed E-state index contributed by atoms with van der Waals surface area (Å²) < 4.78 is 11.4. The summed E-state index contributed by atoms with van der Waals surface area (Å²) in [5.41, 5.74) is 1.05. The number of aliphatic hydroxyl groups excluding tert-OH is 2. The lowest BCUT2D eigenvalue weighted by atomic mass is 9.98. The van der Waals surface area contributed by atoms with Crippen molar-refractivity contribution in [1.29, 1.82) is 0 Å². The van der Waals surface area contributed by atoms with Crippen molar-refractivity contribution in [2.75, 3.05) is 6.61 Å². The Morgan fingerprint density at radius 3 is 2.83 bits per heavy atom. The van der Waals surface area contributed by atoms with Gasteiger partial charge in [0.15, 0.2) is 0 Å². The van der Waals surface area contributed by atoms with Gasteiger partial charge < -0.3 is 19.7 Å². The van der Waals surface area contributed by atoms with Crippen LogP contribution in [0.4, 0.5) is 0 Å². The zero-order chi connectivity index (χ0) is 16.5. The van der Waals surface area contributed by atoms with E-state index >= 15 is 0 Å². The normalized spacial score (nSPS) is 23.9. The van der Waals surface area contributed by atoms with Gasteiger partial charge in [0.05, 0.1) is 24.9 Å². The molecule has 1 saturated heterocycles. The van der Waals surface area contributed by atoms with Crippen LogP contribution in [0, 0.1) is 12.3 Å². The van der Waals surface area contributed by atoms with E-state index in [1.807, 2.05) is 30.3 Å². The highest BCUT2D eigenvalue weighted by Gasteiger charge is 2.25. The topological polar surface area (TPSA) is 58.9 Å². The maximum atomic E-state index is 9.94. The Kier molecular flexibility index (Phi) is 7.57. The molecule has 0 aromatic heterocycles. The molecule has 1 aromatic carbocycles. The highest BCUT2D eigenvalue weighted by molar-refractivity contribution is 5.13. The Morgan fingerprint density at radius 1 is 1.35 bits per heavy atom. The van der Waals surface area contributed by atoms with Gasteiger partial charge in [-0.3, -0.25) is 0 Å². The minimum absolute atomic E-state index is 0.110. The second-order valence-corrected chi connectivity index (χ2v) is 6.00. The van der Waals surface area contributed by atoms with Gasteiger partial charge in [-0.1, -0.05) is 36.3 Å². The van der Waals surface area contributed by atoms with E-state index in [1.54, 1.807) is 0 Å². The molecule has 4 atom stereocenters. The quantitative estimate of drug-likeness (QED) is 0.722. The number of rotatable bonds is 8. The molecule has 2 N–H and O–H groups in total. The van der Waals surface area contributed by atoms with Crippen LogP contribution < -0.4 is 0 Å². The summed E-state index contributed by atoms with van der Waals surface area (Å²) in [7, 11) is 0. The molecule has 2 rings (SSSR count). The maximum Gasteiger partial charge on any atom is 0.140 e. The predicted octanol–water partition coefficient (Wildman–Crippen LogP) is 2.28. The van der Waals surface area contributed by atoms with Gasteiger partial charge in [0, 0.05) is 6.61 Å². The van der Waals surface area contributed by atoms with Crippen LogP contribution in [-0.4, -0.2) is 41.2 Å². The van der Waals surface area contributed by atoms with Gasteiger partial charge in [-0.05, 0) is 37.7 Å². The van der Waals surface area contributed by atoms with Crippen LogP contribution in [0.2, 0.25) is 0 Å². The van der Waals surface area contributed by atoms with Crippen molar-refractivity contribution in [1.82, 2.24) is 0 Å². The van der Waals surface area contributed by atoms with Crippen LogP contribution in [0.5, 0.6) is 0 Å². The van der Waals surface area contributed by atoms with E-state index in [2.05, 4.69) is 5.92 Å². The molecular weight excluding hydrogens is 292 g/mol. The van der Waals surface area contributed by atoms with Crippen molar-refractivity contribution in [3.05, 3.63) is 35.9 Å². The van der Waals surface area contributed by atoms with Crippen molar-refractivity contribution in [3.8, 4) is 12.3 Å². The predicted molar refractivity (Wildman–Crippen MR) is 88.7 cm³/mol. The fourth-order valence-corrected chi connectivity index (χ4v) is 2.84. The highest BCUT2D eigenvalue weighted by atomic mass is 16.5. The number of hydrogen-bond acceptors (Lipinski definition) is 4. The molecule has 0 spiro atoms. The maximum absolute atomic E-state index is 9.94. The van der Waals surface area contributed by atoms with E-state index in [9.17, 15) is 10.2 Å². The summed E-state index contributed by atoms with van der Waals surface area (Å²) in [5, 5.41) is 19.8. The molecule has 1 aromatic rings. The van der Waals surface area contributed by atoms with E-state index in [1.165, 1.54) is 0 Å².